The molecule has 11 heteroatoms. The van der Waals surface area contributed by atoms with Crippen molar-refractivity contribution in [3.63, 3.8) is 0 Å². The van der Waals surface area contributed by atoms with E-state index in [1.807, 2.05) is 4.90 Å². The second-order valence-electron chi connectivity index (χ2n) is 8.06. The van der Waals surface area contributed by atoms with Crippen molar-refractivity contribution in [2.24, 2.45) is 0 Å². The predicted molar refractivity (Wildman–Crippen MR) is 112 cm³/mol. The van der Waals surface area contributed by atoms with Crippen LogP contribution in [0, 0.1) is 13.8 Å². The van der Waals surface area contributed by atoms with Gasteiger partial charge >= 0.3 is 0 Å². The van der Waals surface area contributed by atoms with Gasteiger partial charge in [-0.1, -0.05) is 5.16 Å². The highest BCUT2D eigenvalue weighted by Gasteiger charge is 2.32. The number of ether oxygens (including phenoxy) is 1. The van der Waals surface area contributed by atoms with Crippen LogP contribution in [-0.2, 0) is 14.6 Å². The van der Waals surface area contributed by atoms with Gasteiger partial charge in [0.25, 0.3) is 5.91 Å². The first-order valence-electron chi connectivity index (χ1n) is 10.4. The van der Waals surface area contributed by atoms with Gasteiger partial charge in [0.1, 0.15) is 16.2 Å². The lowest BCUT2D eigenvalue weighted by atomic mass is 9.92. The zero-order valence-electron chi connectivity index (χ0n) is 18.0. The maximum absolute atomic E-state index is 12.9. The molecule has 2 aromatic heterocycles. The molecule has 0 aliphatic carbocycles. The minimum Gasteiger partial charge on any atom is -0.378 e. The van der Waals surface area contributed by atoms with E-state index in [0.29, 0.717) is 80.9 Å². The van der Waals surface area contributed by atoms with Gasteiger partial charge in [-0.2, -0.15) is 0 Å². The molecule has 31 heavy (non-hydrogen) atoms. The van der Waals surface area contributed by atoms with Gasteiger partial charge in [-0.05, 0) is 26.7 Å². The summed E-state index contributed by atoms with van der Waals surface area (Å²) in [6.45, 7) is 7.02. The molecule has 2 aliphatic rings. The van der Waals surface area contributed by atoms with Crippen LogP contribution in [0.5, 0.6) is 0 Å². The number of amides is 1. The van der Waals surface area contributed by atoms with Gasteiger partial charge in [-0.15, -0.1) is 0 Å². The standard InChI is InChI=1S/C20H27N5O5S/c1-13-17(14(2)30-23-13)19(26)24-6-4-15(5-7-24)18-16(31(3,27)28)12-21-20(22-18)25-8-10-29-11-9-25/h12,15H,4-11H2,1-3H3. The first-order valence-corrected chi connectivity index (χ1v) is 12.3. The van der Waals surface area contributed by atoms with Crippen LogP contribution in [0.1, 0.15) is 46.3 Å². The van der Waals surface area contributed by atoms with Gasteiger partial charge in [0, 0.05) is 38.4 Å². The monoisotopic (exact) mass is 449 g/mol. The molecular formula is C20H27N5O5S. The fraction of sp³-hybridized carbons (Fsp3) is 0.600. The quantitative estimate of drug-likeness (QED) is 0.681. The summed E-state index contributed by atoms with van der Waals surface area (Å²) < 4.78 is 35.3. The molecule has 2 fully saturated rings. The second-order valence-corrected chi connectivity index (χ2v) is 10.0. The van der Waals surface area contributed by atoms with Crippen molar-refractivity contribution in [1.29, 1.82) is 0 Å². The van der Waals surface area contributed by atoms with Crippen molar-refractivity contribution in [3.05, 3.63) is 28.9 Å². The minimum absolute atomic E-state index is 0.0683. The van der Waals surface area contributed by atoms with Crippen LogP contribution in [0.15, 0.2) is 15.6 Å². The SMILES string of the molecule is Cc1noc(C)c1C(=O)N1CCC(c2nc(N3CCOCC3)ncc2S(C)(=O)=O)CC1. The molecule has 4 heterocycles. The van der Waals surface area contributed by atoms with Crippen molar-refractivity contribution >= 4 is 21.7 Å². The lowest BCUT2D eigenvalue weighted by molar-refractivity contribution is 0.0709. The highest BCUT2D eigenvalue weighted by molar-refractivity contribution is 7.90. The summed E-state index contributed by atoms with van der Waals surface area (Å²) in [5, 5.41) is 3.87. The third-order valence-electron chi connectivity index (χ3n) is 5.88. The van der Waals surface area contributed by atoms with Gasteiger partial charge in [-0.25, -0.2) is 18.4 Å². The van der Waals surface area contributed by atoms with Crippen molar-refractivity contribution in [2.45, 2.75) is 37.5 Å². The first kappa shape index (κ1) is 21.7. The number of nitrogens with zero attached hydrogens (tertiary/aromatic N) is 5. The van der Waals surface area contributed by atoms with Crippen molar-refractivity contribution in [1.82, 2.24) is 20.0 Å². The maximum Gasteiger partial charge on any atom is 0.259 e. The van der Waals surface area contributed by atoms with E-state index in [0.717, 1.165) is 0 Å². The Morgan fingerprint density at radius 2 is 1.81 bits per heavy atom. The van der Waals surface area contributed by atoms with Crippen molar-refractivity contribution in [2.75, 3.05) is 50.5 Å². The number of hydrogen-bond acceptors (Lipinski definition) is 9. The molecule has 0 radical (unpaired) electrons. The van der Waals surface area contributed by atoms with E-state index >= 15 is 0 Å². The molecule has 0 aromatic carbocycles. The third-order valence-corrected chi connectivity index (χ3v) is 6.99. The Hall–Kier alpha value is -2.53. The topological polar surface area (TPSA) is 119 Å². The number of aryl methyl sites for hydroxylation is 2. The summed E-state index contributed by atoms with van der Waals surface area (Å²) in [5.74, 6) is 0.867. The lowest BCUT2D eigenvalue weighted by Gasteiger charge is -2.33. The normalized spacial score (nSPS) is 18.4. The Morgan fingerprint density at radius 3 is 2.39 bits per heavy atom. The number of aromatic nitrogens is 3. The van der Waals surface area contributed by atoms with Gasteiger partial charge in [-0.3, -0.25) is 4.79 Å². The summed E-state index contributed by atoms with van der Waals surface area (Å²) >= 11 is 0. The molecule has 0 atom stereocenters. The smallest absolute Gasteiger partial charge is 0.259 e. The van der Waals surface area contributed by atoms with Crippen LogP contribution in [-0.4, -0.2) is 80.0 Å². The molecule has 168 valence electrons. The Kier molecular flexibility index (Phi) is 5.98. The van der Waals surface area contributed by atoms with E-state index in [1.54, 1.807) is 18.7 Å². The fourth-order valence-corrected chi connectivity index (χ4v) is 5.01. The van der Waals surface area contributed by atoms with Crippen LogP contribution in [0.4, 0.5) is 5.95 Å². The number of carbonyl (C=O) groups is 1. The highest BCUT2D eigenvalue weighted by atomic mass is 32.2. The van der Waals surface area contributed by atoms with E-state index in [9.17, 15) is 13.2 Å². The number of sulfone groups is 1. The van der Waals surface area contributed by atoms with Gasteiger partial charge in [0.15, 0.2) is 9.84 Å². The first-order chi connectivity index (χ1) is 14.8. The average Bonchev–Trinajstić information content (AvgIpc) is 3.11. The predicted octanol–water partition coefficient (Wildman–Crippen LogP) is 1.34. The molecule has 0 N–H and O–H groups in total. The number of rotatable bonds is 4. The molecular weight excluding hydrogens is 422 g/mol. The number of hydrogen-bond donors (Lipinski definition) is 0. The lowest BCUT2D eigenvalue weighted by Crippen LogP contribution is -2.39. The Labute approximate surface area is 181 Å². The summed E-state index contributed by atoms with van der Waals surface area (Å²) in [5.41, 5.74) is 1.63. The summed E-state index contributed by atoms with van der Waals surface area (Å²) in [6.07, 6.45) is 3.85. The molecule has 0 bridgehead atoms. The van der Waals surface area contributed by atoms with Crippen LogP contribution >= 0.6 is 0 Å². The van der Waals surface area contributed by atoms with Gasteiger partial charge in [0.2, 0.25) is 5.95 Å². The minimum atomic E-state index is -3.48. The number of carbonyl (C=O) groups excluding carboxylic acids is 1. The average molecular weight is 450 g/mol. The Morgan fingerprint density at radius 1 is 1.13 bits per heavy atom. The summed E-state index contributed by atoms with van der Waals surface area (Å²) in [6, 6.07) is 0. The molecule has 0 saturated carbocycles. The molecule has 4 rings (SSSR count). The maximum atomic E-state index is 12.9. The van der Waals surface area contributed by atoms with E-state index < -0.39 is 9.84 Å². The number of morpholine rings is 1. The third kappa shape index (κ3) is 4.42. The highest BCUT2D eigenvalue weighted by Crippen LogP contribution is 2.33. The van der Waals surface area contributed by atoms with E-state index in [1.165, 1.54) is 12.5 Å². The van der Waals surface area contributed by atoms with Crippen molar-refractivity contribution < 1.29 is 22.5 Å². The molecule has 10 nitrogen and oxygen atoms in total. The summed E-state index contributed by atoms with van der Waals surface area (Å²) in [4.78, 5) is 25.9. The van der Waals surface area contributed by atoms with Crippen LogP contribution in [0.25, 0.3) is 0 Å². The number of anilines is 1. The van der Waals surface area contributed by atoms with E-state index in [2.05, 4.69) is 15.1 Å². The van der Waals surface area contributed by atoms with Crippen LogP contribution in [0.3, 0.4) is 0 Å². The van der Waals surface area contributed by atoms with Crippen LogP contribution < -0.4 is 4.90 Å². The fourth-order valence-electron chi connectivity index (χ4n) is 4.17. The van der Waals surface area contributed by atoms with Gasteiger partial charge in [0.05, 0.1) is 30.8 Å². The molecule has 2 saturated heterocycles. The van der Waals surface area contributed by atoms with E-state index in [4.69, 9.17) is 9.26 Å². The zero-order chi connectivity index (χ0) is 22.2. The molecule has 1 amide bonds. The Bertz CT molecular complexity index is 1050. The number of piperidine rings is 1. The zero-order valence-corrected chi connectivity index (χ0v) is 18.8. The molecule has 0 unspecified atom stereocenters. The summed E-state index contributed by atoms with van der Waals surface area (Å²) in [7, 11) is -3.48. The van der Waals surface area contributed by atoms with E-state index in [-0.39, 0.29) is 16.7 Å². The van der Waals surface area contributed by atoms with Crippen molar-refractivity contribution in [3.8, 4) is 0 Å². The molecule has 2 aromatic rings. The Balaban J connectivity index is 1.56. The number of likely N-dealkylation sites (tertiary alicyclic amines) is 1. The molecule has 0 spiro atoms. The van der Waals surface area contributed by atoms with Crippen LogP contribution in [0.2, 0.25) is 0 Å². The largest absolute Gasteiger partial charge is 0.378 e. The molecule has 2 aliphatic heterocycles. The van der Waals surface area contributed by atoms with Gasteiger partial charge < -0.3 is 19.1 Å². The second kappa shape index (κ2) is 8.54.